The van der Waals surface area contributed by atoms with Gasteiger partial charge in [-0.3, -0.25) is 4.79 Å². The number of methoxy groups -OCH3 is 2. The summed E-state index contributed by atoms with van der Waals surface area (Å²) < 4.78 is 10.2. The standard InChI is InChI=1S/C12H26N2O3/c1-9(11(15)14-12(2,3)4)13-7-10(17-6)8-16-5/h9-10,13H,7-8H2,1-6H3,(H,14,15). The van der Waals surface area contributed by atoms with E-state index in [1.165, 1.54) is 0 Å². The first-order valence-corrected chi connectivity index (χ1v) is 5.87. The highest BCUT2D eigenvalue weighted by Crippen LogP contribution is 1.99. The smallest absolute Gasteiger partial charge is 0.237 e. The average Bonchev–Trinajstić information content (AvgIpc) is 2.21. The van der Waals surface area contributed by atoms with Crippen LogP contribution in [0.15, 0.2) is 0 Å². The van der Waals surface area contributed by atoms with E-state index < -0.39 is 0 Å². The van der Waals surface area contributed by atoms with Gasteiger partial charge in [-0.25, -0.2) is 0 Å². The predicted octanol–water partition coefficient (Wildman–Crippen LogP) is 0.541. The quantitative estimate of drug-likeness (QED) is 0.688. The first kappa shape index (κ1) is 16.4. The predicted molar refractivity (Wildman–Crippen MR) is 68.0 cm³/mol. The van der Waals surface area contributed by atoms with Crippen LogP contribution in [0.5, 0.6) is 0 Å². The Morgan fingerprint density at radius 3 is 2.29 bits per heavy atom. The molecule has 0 saturated heterocycles. The average molecular weight is 246 g/mol. The molecule has 17 heavy (non-hydrogen) atoms. The van der Waals surface area contributed by atoms with Crippen LogP contribution in [0.3, 0.4) is 0 Å². The van der Waals surface area contributed by atoms with Crippen LogP contribution in [-0.4, -0.2) is 51.0 Å². The van der Waals surface area contributed by atoms with Gasteiger partial charge in [0.2, 0.25) is 5.91 Å². The molecule has 0 bridgehead atoms. The summed E-state index contributed by atoms with van der Waals surface area (Å²) in [5.74, 6) is -0.00947. The third-order valence-corrected chi connectivity index (χ3v) is 2.23. The van der Waals surface area contributed by atoms with Gasteiger partial charge in [-0.1, -0.05) is 0 Å². The van der Waals surface area contributed by atoms with Crippen LogP contribution in [0, 0.1) is 0 Å². The SMILES string of the molecule is COCC(CNC(C)C(=O)NC(C)(C)C)OC. The van der Waals surface area contributed by atoms with Crippen molar-refractivity contribution in [1.82, 2.24) is 10.6 Å². The molecule has 0 aliphatic rings. The van der Waals surface area contributed by atoms with Crippen LogP contribution in [0.4, 0.5) is 0 Å². The molecular weight excluding hydrogens is 220 g/mol. The van der Waals surface area contributed by atoms with Gasteiger partial charge in [-0.2, -0.15) is 0 Å². The lowest BCUT2D eigenvalue weighted by atomic mass is 10.1. The van der Waals surface area contributed by atoms with E-state index in [9.17, 15) is 4.79 Å². The second kappa shape index (κ2) is 7.63. The van der Waals surface area contributed by atoms with Gasteiger partial charge < -0.3 is 20.1 Å². The molecule has 0 heterocycles. The molecule has 102 valence electrons. The van der Waals surface area contributed by atoms with Gasteiger partial charge in [0.05, 0.1) is 18.8 Å². The molecule has 0 spiro atoms. The fourth-order valence-corrected chi connectivity index (χ4v) is 1.27. The molecule has 0 aromatic rings. The molecule has 0 fully saturated rings. The Kier molecular flexibility index (Phi) is 7.34. The van der Waals surface area contributed by atoms with Gasteiger partial charge in [0.1, 0.15) is 0 Å². The molecule has 0 aliphatic carbocycles. The van der Waals surface area contributed by atoms with Gasteiger partial charge in [-0.15, -0.1) is 0 Å². The monoisotopic (exact) mass is 246 g/mol. The zero-order chi connectivity index (χ0) is 13.5. The van der Waals surface area contributed by atoms with E-state index in [1.54, 1.807) is 14.2 Å². The fraction of sp³-hybridized carbons (Fsp3) is 0.917. The highest BCUT2D eigenvalue weighted by molar-refractivity contribution is 5.81. The molecule has 2 N–H and O–H groups in total. The number of hydrogen-bond acceptors (Lipinski definition) is 4. The van der Waals surface area contributed by atoms with Crippen molar-refractivity contribution in [2.24, 2.45) is 0 Å². The van der Waals surface area contributed by atoms with Crippen LogP contribution in [-0.2, 0) is 14.3 Å². The summed E-state index contributed by atoms with van der Waals surface area (Å²) in [4.78, 5) is 11.8. The molecule has 0 radical (unpaired) electrons. The Balaban J connectivity index is 3.99. The van der Waals surface area contributed by atoms with E-state index in [0.717, 1.165) is 0 Å². The molecule has 5 heteroatoms. The minimum Gasteiger partial charge on any atom is -0.382 e. The molecule has 0 aliphatic heterocycles. The maximum Gasteiger partial charge on any atom is 0.237 e. The number of ether oxygens (including phenoxy) is 2. The Morgan fingerprint density at radius 2 is 1.88 bits per heavy atom. The van der Waals surface area contributed by atoms with Crippen LogP contribution >= 0.6 is 0 Å². The molecular formula is C12H26N2O3. The lowest BCUT2D eigenvalue weighted by Crippen LogP contribution is -2.51. The number of carbonyl (C=O) groups excluding carboxylic acids is 1. The number of nitrogens with one attached hydrogen (secondary N) is 2. The molecule has 2 atom stereocenters. The van der Waals surface area contributed by atoms with E-state index in [2.05, 4.69) is 10.6 Å². The molecule has 0 saturated carbocycles. The zero-order valence-corrected chi connectivity index (χ0v) is 11.8. The zero-order valence-electron chi connectivity index (χ0n) is 11.8. The summed E-state index contributed by atoms with van der Waals surface area (Å²) in [6, 6.07) is -0.247. The number of rotatable bonds is 7. The highest BCUT2D eigenvalue weighted by atomic mass is 16.5. The van der Waals surface area contributed by atoms with Gasteiger partial charge in [0, 0.05) is 26.3 Å². The van der Waals surface area contributed by atoms with Crippen molar-refractivity contribution in [3.8, 4) is 0 Å². The normalized spacial score (nSPS) is 15.4. The van der Waals surface area contributed by atoms with E-state index in [0.29, 0.717) is 13.2 Å². The van der Waals surface area contributed by atoms with E-state index in [1.807, 2.05) is 27.7 Å². The van der Waals surface area contributed by atoms with Crippen molar-refractivity contribution in [3.05, 3.63) is 0 Å². The van der Waals surface area contributed by atoms with E-state index in [4.69, 9.17) is 9.47 Å². The maximum absolute atomic E-state index is 11.8. The number of carbonyl (C=O) groups is 1. The Morgan fingerprint density at radius 1 is 1.29 bits per heavy atom. The number of amides is 1. The Bertz CT molecular complexity index is 226. The van der Waals surface area contributed by atoms with Crippen molar-refractivity contribution in [2.75, 3.05) is 27.4 Å². The van der Waals surface area contributed by atoms with Crippen LogP contribution < -0.4 is 10.6 Å². The summed E-state index contributed by atoms with van der Waals surface area (Å²) in [6.45, 7) is 8.81. The summed E-state index contributed by atoms with van der Waals surface area (Å²) in [5, 5.41) is 6.04. The van der Waals surface area contributed by atoms with Crippen molar-refractivity contribution >= 4 is 5.91 Å². The van der Waals surface area contributed by atoms with Crippen LogP contribution in [0.1, 0.15) is 27.7 Å². The summed E-state index contributed by atoms with van der Waals surface area (Å²) in [6.07, 6.45) is -0.0371. The van der Waals surface area contributed by atoms with Gasteiger partial charge in [-0.05, 0) is 27.7 Å². The minimum absolute atomic E-state index is 0.00947. The van der Waals surface area contributed by atoms with E-state index >= 15 is 0 Å². The molecule has 0 aromatic carbocycles. The minimum atomic E-state index is -0.247. The lowest BCUT2D eigenvalue weighted by Gasteiger charge is -2.24. The van der Waals surface area contributed by atoms with E-state index in [-0.39, 0.29) is 23.6 Å². The first-order valence-electron chi connectivity index (χ1n) is 5.87. The fourth-order valence-electron chi connectivity index (χ4n) is 1.27. The molecule has 5 nitrogen and oxygen atoms in total. The van der Waals surface area contributed by atoms with Crippen molar-refractivity contribution in [1.29, 1.82) is 0 Å². The lowest BCUT2D eigenvalue weighted by molar-refractivity contribution is -0.124. The Hall–Kier alpha value is -0.650. The van der Waals surface area contributed by atoms with Crippen LogP contribution in [0.25, 0.3) is 0 Å². The second-order valence-electron chi connectivity index (χ2n) is 5.18. The first-order chi connectivity index (χ1) is 7.80. The van der Waals surface area contributed by atoms with Crippen molar-refractivity contribution in [3.63, 3.8) is 0 Å². The van der Waals surface area contributed by atoms with Crippen molar-refractivity contribution < 1.29 is 14.3 Å². The third kappa shape index (κ3) is 8.12. The van der Waals surface area contributed by atoms with Gasteiger partial charge >= 0.3 is 0 Å². The summed E-state index contributed by atoms with van der Waals surface area (Å²) >= 11 is 0. The van der Waals surface area contributed by atoms with Gasteiger partial charge in [0.25, 0.3) is 0 Å². The molecule has 1 amide bonds. The second-order valence-corrected chi connectivity index (χ2v) is 5.18. The van der Waals surface area contributed by atoms with Crippen molar-refractivity contribution in [2.45, 2.75) is 45.4 Å². The topological polar surface area (TPSA) is 59.6 Å². The summed E-state index contributed by atoms with van der Waals surface area (Å²) in [5.41, 5.74) is -0.208. The maximum atomic E-state index is 11.8. The Labute approximate surface area is 104 Å². The van der Waals surface area contributed by atoms with Crippen LogP contribution in [0.2, 0.25) is 0 Å². The molecule has 0 rings (SSSR count). The summed E-state index contributed by atoms with van der Waals surface area (Å²) in [7, 11) is 3.26. The molecule has 2 unspecified atom stereocenters. The largest absolute Gasteiger partial charge is 0.382 e. The molecule has 0 aromatic heterocycles. The van der Waals surface area contributed by atoms with Gasteiger partial charge in [0.15, 0.2) is 0 Å². The third-order valence-electron chi connectivity index (χ3n) is 2.23. The number of hydrogen-bond donors (Lipinski definition) is 2. The highest BCUT2D eigenvalue weighted by Gasteiger charge is 2.19.